The van der Waals surface area contributed by atoms with Crippen molar-refractivity contribution in [3.05, 3.63) is 53.3 Å². The van der Waals surface area contributed by atoms with Crippen LogP contribution in [-0.2, 0) is 19.1 Å². The Morgan fingerprint density at radius 1 is 1.12 bits per heavy atom. The van der Waals surface area contributed by atoms with Crippen molar-refractivity contribution in [3.63, 3.8) is 0 Å². The van der Waals surface area contributed by atoms with E-state index in [0.717, 1.165) is 46.6 Å². The number of hydrogen-bond donors (Lipinski definition) is 1. The molecule has 0 spiro atoms. The highest BCUT2D eigenvalue weighted by molar-refractivity contribution is 7.97. The first-order chi connectivity index (χ1) is 11.5. The van der Waals surface area contributed by atoms with Crippen LogP contribution in [0.3, 0.4) is 0 Å². The van der Waals surface area contributed by atoms with Crippen molar-refractivity contribution in [3.8, 4) is 0 Å². The van der Waals surface area contributed by atoms with Crippen LogP contribution >= 0.6 is 11.9 Å². The molecule has 1 aromatic carbocycles. The highest BCUT2D eigenvalue weighted by Gasteiger charge is 2.30. The SMILES string of the molecule is FC(F)(F)c1ccc(SN2CCc3c(cnc4[nH]ncc34)C2)cc1. The Kier molecular flexibility index (Phi) is 3.73. The number of aromatic nitrogens is 3. The average molecular weight is 350 g/mol. The first-order valence-electron chi connectivity index (χ1n) is 7.41. The summed E-state index contributed by atoms with van der Waals surface area (Å²) < 4.78 is 40.0. The molecule has 8 heteroatoms. The molecule has 3 aromatic rings. The van der Waals surface area contributed by atoms with Gasteiger partial charge in [0.15, 0.2) is 5.65 Å². The Balaban J connectivity index is 1.51. The van der Waals surface area contributed by atoms with Gasteiger partial charge in [-0.3, -0.25) is 5.10 Å². The quantitative estimate of drug-likeness (QED) is 0.709. The second-order valence-electron chi connectivity index (χ2n) is 5.62. The zero-order chi connectivity index (χ0) is 16.7. The Hall–Kier alpha value is -2.06. The molecule has 0 unspecified atom stereocenters. The second-order valence-corrected chi connectivity index (χ2v) is 6.79. The van der Waals surface area contributed by atoms with E-state index in [1.54, 1.807) is 6.20 Å². The minimum atomic E-state index is -4.30. The molecule has 24 heavy (non-hydrogen) atoms. The molecule has 0 aliphatic carbocycles. The van der Waals surface area contributed by atoms with Gasteiger partial charge in [0.25, 0.3) is 0 Å². The van der Waals surface area contributed by atoms with Crippen LogP contribution in [0.1, 0.15) is 16.7 Å². The number of nitrogens with one attached hydrogen (secondary N) is 1. The standard InChI is InChI=1S/C16H13F3N4S/c17-16(18,19)11-1-3-12(4-2-11)24-23-6-5-13-10(9-23)7-20-15-14(13)8-21-22-15/h1-4,7-8H,5-6,9H2,(H,20,21,22). The minimum Gasteiger partial charge on any atom is -0.261 e. The topological polar surface area (TPSA) is 44.8 Å². The van der Waals surface area contributed by atoms with Gasteiger partial charge in [0.2, 0.25) is 0 Å². The first-order valence-corrected chi connectivity index (χ1v) is 8.18. The summed E-state index contributed by atoms with van der Waals surface area (Å²) >= 11 is 1.47. The summed E-state index contributed by atoms with van der Waals surface area (Å²) in [6.07, 6.45) is 0.200. The van der Waals surface area contributed by atoms with Gasteiger partial charge in [0, 0.05) is 29.6 Å². The van der Waals surface area contributed by atoms with Crippen molar-refractivity contribution in [2.45, 2.75) is 24.0 Å². The lowest BCUT2D eigenvalue weighted by Gasteiger charge is -2.27. The van der Waals surface area contributed by atoms with Gasteiger partial charge in [0.05, 0.1) is 11.8 Å². The number of alkyl halides is 3. The van der Waals surface area contributed by atoms with Gasteiger partial charge in [-0.15, -0.1) is 0 Å². The maximum atomic E-state index is 12.6. The molecule has 0 saturated heterocycles. The summed E-state index contributed by atoms with van der Waals surface area (Å²) in [5.41, 5.74) is 2.55. The first kappa shape index (κ1) is 15.5. The van der Waals surface area contributed by atoms with E-state index < -0.39 is 11.7 Å². The normalized spacial score (nSPS) is 15.6. The number of aromatic amines is 1. The van der Waals surface area contributed by atoms with Gasteiger partial charge < -0.3 is 0 Å². The van der Waals surface area contributed by atoms with Gasteiger partial charge in [-0.1, -0.05) is 0 Å². The van der Waals surface area contributed by atoms with Gasteiger partial charge in [-0.05, 0) is 53.8 Å². The number of hydrogen-bond acceptors (Lipinski definition) is 4. The van der Waals surface area contributed by atoms with Crippen LogP contribution in [0.25, 0.3) is 11.0 Å². The Morgan fingerprint density at radius 3 is 2.67 bits per heavy atom. The third kappa shape index (κ3) is 2.87. The molecule has 4 nitrogen and oxygen atoms in total. The molecular weight excluding hydrogens is 337 g/mol. The molecule has 0 saturated carbocycles. The lowest BCUT2D eigenvalue weighted by atomic mass is 10.0. The van der Waals surface area contributed by atoms with E-state index >= 15 is 0 Å². The predicted octanol–water partition coefficient (Wildman–Crippen LogP) is 4.04. The number of benzene rings is 1. The van der Waals surface area contributed by atoms with E-state index in [0.29, 0.717) is 6.54 Å². The number of nitrogens with zero attached hydrogens (tertiary/aromatic N) is 3. The smallest absolute Gasteiger partial charge is 0.261 e. The molecule has 124 valence electrons. The van der Waals surface area contributed by atoms with Crippen LogP contribution in [-0.4, -0.2) is 26.0 Å². The fourth-order valence-corrected chi connectivity index (χ4v) is 3.80. The Labute approximate surface area is 140 Å². The van der Waals surface area contributed by atoms with Crippen molar-refractivity contribution in [2.75, 3.05) is 6.54 Å². The molecule has 1 aliphatic rings. The summed E-state index contributed by atoms with van der Waals surface area (Å²) in [4.78, 5) is 5.15. The van der Waals surface area contributed by atoms with Crippen molar-refractivity contribution in [1.82, 2.24) is 19.5 Å². The molecule has 0 fully saturated rings. The van der Waals surface area contributed by atoms with E-state index in [1.807, 2.05) is 6.20 Å². The molecular formula is C16H13F3N4S. The summed E-state index contributed by atoms with van der Waals surface area (Å²) in [7, 11) is 0. The molecule has 0 amide bonds. The zero-order valence-electron chi connectivity index (χ0n) is 12.5. The molecule has 4 rings (SSSR count). The van der Waals surface area contributed by atoms with E-state index in [4.69, 9.17) is 0 Å². The summed E-state index contributed by atoms with van der Waals surface area (Å²) in [5.74, 6) is 0. The fourth-order valence-electron chi connectivity index (χ4n) is 2.86. The summed E-state index contributed by atoms with van der Waals surface area (Å²) in [6.45, 7) is 1.53. The van der Waals surface area contributed by atoms with Crippen LogP contribution in [0.5, 0.6) is 0 Å². The van der Waals surface area contributed by atoms with Crippen LogP contribution in [0.4, 0.5) is 13.2 Å². The van der Waals surface area contributed by atoms with Crippen LogP contribution < -0.4 is 0 Å². The number of rotatable bonds is 2. The molecule has 1 aliphatic heterocycles. The van der Waals surface area contributed by atoms with Gasteiger partial charge in [-0.25, -0.2) is 9.29 Å². The lowest BCUT2D eigenvalue weighted by molar-refractivity contribution is -0.137. The third-order valence-electron chi connectivity index (χ3n) is 4.06. The number of fused-ring (bicyclic) bond motifs is 3. The van der Waals surface area contributed by atoms with E-state index in [-0.39, 0.29) is 0 Å². The highest BCUT2D eigenvalue weighted by atomic mass is 32.2. The third-order valence-corrected chi connectivity index (χ3v) is 5.11. The monoisotopic (exact) mass is 350 g/mol. The summed E-state index contributed by atoms with van der Waals surface area (Å²) in [6, 6.07) is 5.27. The molecule has 0 radical (unpaired) electrons. The van der Waals surface area contributed by atoms with Crippen molar-refractivity contribution < 1.29 is 13.2 Å². The molecule has 3 heterocycles. The highest BCUT2D eigenvalue weighted by Crippen LogP contribution is 2.34. The number of halogens is 3. The van der Waals surface area contributed by atoms with E-state index in [1.165, 1.54) is 29.6 Å². The number of H-pyrrole nitrogens is 1. The van der Waals surface area contributed by atoms with Crippen molar-refractivity contribution in [2.24, 2.45) is 0 Å². The number of pyridine rings is 1. The van der Waals surface area contributed by atoms with Gasteiger partial charge in [0.1, 0.15) is 0 Å². The molecule has 0 atom stereocenters. The second kappa shape index (κ2) is 5.78. The Bertz CT molecular complexity index is 873. The van der Waals surface area contributed by atoms with Crippen LogP contribution in [0.2, 0.25) is 0 Å². The van der Waals surface area contributed by atoms with Crippen LogP contribution in [0.15, 0.2) is 41.6 Å². The van der Waals surface area contributed by atoms with E-state index in [2.05, 4.69) is 19.5 Å². The zero-order valence-corrected chi connectivity index (χ0v) is 13.3. The van der Waals surface area contributed by atoms with Gasteiger partial charge in [-0.2, -0.15) is 18.3 Å². The van der Waals surface area contributed by atoms with E-state index in [9.17, 15) is 13.2 Å². The van der Waals surface area contributed by atoms with Crippen LogP contribution in [0, 0.1) is 0 Å². The maximum Gasteiger partial charge on any atom is 0.416 e. The summed E-state index contributed by atoms with van der Waals surface area (Å²) in [5, 5.41) is 7.94. The van der Waals surface area contributed by atoms with Crippen molar-refractivity contribution >= 4 is 23.0 Å². The predicted molar refractivity (Wildman–Crippen MR) is 85.3 cm³/mol. The average Bonchev–Trinajstić information content (AvgIpc) is 3.03. The van der Waals surface area contributed by atoms with Crippen molar-refractivity contribution in [1.29, 1.82) is 0 Å². The molecule has 2 aromatic heterocycles. The fraction of sp³-hybridized carbons (Fsp3) is 0.250. The maximum absolute atomic E-state index is 12.6. The largest absolute Gasteiger partial charge is 0.416 e. The van der Waals surface area contributed by atoms with Gasteiger partial charge >= 0.3 is 6.18 Å². The molecule has 0 bridgehead atoms. The minimum absolute atomic E-state index is 0.623. The molecule has 1 N–H and O–H groups in total. The lowest BCUT2D eigenvalue weighted by Crippen LogP contribution is -2.25. The Morgan fingerprint density at radius 2 is 1.92 bits per heavy atom.